The zero-order valence-corrected chi connectivity index (χ0v) is 14.2. The van der Waals surface area contributed by atoms with Gasteiger partial charge >= 0.3 is 5.97 Å². The number of nitrogens with one attached hydrogen (secondary N) is 1. The number of ether oxygens (including phenoxy) is 1. The maximum Gasteiger partial charge on any atom is 0.310 e. The molecule has 22 heavy (non-hydrogen) atoms. The Morgan fingerprint density at radius 3 is 2.95 bits per heavy atom. The molecule has 116 valence electrons. The van der Waals surface area contributed by atoms with Gasteiger partial charge in [0, 0.05) is 16.6 Å². The van der Waals surface area contributed by atoms with Gasteiger partial charge in [0.05, 0.1) is 16.7 Å². The van der Waals surface area contributed by atoms with Crippen molar-refractivity contribution < 1.29 is 14.3 Å². The van der Waals surface area contributed by atoms with Crippen molar-refractivity contribution in [3.05, 3.63) is 28.8 Å². The summed E-state index contributed by atoms with van der Waals surface area (Å²) in [6.07, 6.45) is 0.823. The molecule has 0 aromatic heterocycles. The number of hydrogen-bond donors (Lipinski definition) is 1. The van der Waals surface area contributed by atoms with Crippen molar-refractivity contribution in [2.45, 2.75) is 24.3 Å². The lowest BCUT2D eigenvalue weighted by Crippen LogP contribution is -2.40. The first-order chi connectivity index (χ1) is 10.5. The van der Waals surface area contributed by atoms with Crippen LogP contribution in [0.2, 0.25) is 5.02 Å². The van der Waals surface area contributed by atoms with E-state index in [0.717, 1.165) is 12.0 Å². The number of hydrogen-bond acceptors (Lipinski definition) is 3. The van der Waals surface area contributed by atoms with Gasteiger partial charge in [0.1, 0.15) is 6.10 Å². The molecule has 3 aliphatic rings. The van der Waals surface area contributed by atoms with Gasteiger partial charge < -0.3 is 10.1 Å². The van der Waals surface area contributed by atoms with Crippen molar-refractivity contribution in [3.63, 3.8) is 0 Å². The van der Waals surface area contributed by atoms with Crippen molar-refractivity contribution in [2.75, 3.05) is 5.32 Å². The largest absolute Gasteiger partial charge is 0.461 e. The number of carbonyl (C=O) groups is 2. The first kappa shape index (κ1) is 14.5. The molecular formula is C16H15BrClNO3. The molecule has 2 saturated carbocycles. The topological polar surface area (TPSA) is 55.4 Å². The molecule has 0 unspecified atom stereocenters. The van der Waals surface area contributed by atoms with Gasteiger partial charge in [-0.3, -0.25) is 9.59 Å². The van der Waals surface area contributed by atoms with Crippen LogP contribution in [0.4, 0.5) is 5.69 Å². The molecule has 4 rings (SSSR count). The lowest BCUT2D eigenvalue weighted by Gasteiger charge is -2.27. The molecule has 3 fully saturated rings. The first-order valence-electron chi connectivity index (χ1n) is 7.39. The Labute approximate surface area is 141 Å². The molecule has 0 spiro atoms. The lowest BCUT2D eigenvalue weighted by molar-refractivity contribution is -0.145. The highest BCUT2D eigenvalue weighted by Gasteiger charge is 2.67. The van der Waals surface area contributed by atoms with Gasteiger partial charge in [0.25, 0.3) is 0 Å². The van der Waals surface area contributed by atoms with Crippen LogP contribution in [0.25, 0.3) is 0 Å². The highest BCUT2D eigenvalue weighted by Crippen LogP contribution is 2.60. The van der Waals surface area contributed by atoms with Gasteiger partial charge in [-0.1, -0.05) is 33.6 Å². The first-order valence-corrected chi connectivity index (χ1v) is 8.69. The predicted molar refractivity (Wildman–Crippen MR) is 86.0 cm³/mol. The van der Waals surface area contributed by atoms with E-state index >= 15 is 0 Å². The Bertz CT molecular complexity index is 679. The van der Waals surface area contributed by atoms with E-state index in [1.165, 1.54) is 0 Å². The van der Waals surface area contributed by atoms with E-state index in [1.807, 2.05) is 13.0 Å². The molecule has 6 heteroatoms. The fourth-order valence-corrected chi connectivity index (χ4v) is 5.51. The smallest absolute Gasteiger partial charge is 0.310 e. The van der Waals surface area contributed by atoms with Gasteiger partial charge in [0.15, 0.2) is 0 Å². The van der Waals surface area contributed by atoms with E-state index in [-0.39, 0.29) is 46.5 Å². The summed E-state index contributed by atoms with van der Waals surface area (Å²) in [5.74, 6) is -0.599. The van der Waals surface area contributed by atoms with Crippen molar-refractivity contribution in [3.8, 4) is 0 Å². The van der Waals surface area contributed by atoms with Gasteiger partial charge in [-0.05, 0) is 37.0 Å². The summed E-state index contributed by atoms with van der Waals surface area (Å²) in [5.41, 5.74) is 1.54. The molecular weight excluding hydrogens is 370 g/mol. The van der Waals surface area contributed by atoms with Gasteiger partial charge in [0.2, 0.25) is 5.91 Å². The molecule has 1 N–H and O–H groups in total. The molecule has 1 aromatic rings. The van der Waals surface area contributed by atoms with Crippen LogP contribution in [-0.2, 0) is 14.3 Å². The summed E-state index contributed by atoms with van der Waals surface area (Å²) >= 11 is 9.71. The van der Waals surface area contributed by atoms with Crippen LogP contribution in [0.1, 0.15) is 12.0 Å². The number of esters is 1. The molecule has 4 nitrogen and oxygen atoms in total. The predicted octanol–water partition coefficient (Wildman–Crippen LogP) is 3.16. The summed E-state index contributed by atoms with van der Waals surface area (Å²) in [6, 6.07) is 5.42. The molecule has 2 aliphatic carbocycles. The highest BCUT2D eigenvalue weighted by molar-refractivity contribution is 9.09. The van der Waals surface area contributed by atoms with Crippen LogP contribution >= 0.6 is 27.5 Å². The van der Waals surface area contributed by atoms with Crippen molar-refractivity contribution in [2.24, 2.45) is 23.7 Å². The molecule has 0 radical (unpaired) electrons. The highest BCUT2D eigenvalue weighted by atomic mass is 79.9. The van der Waals surface area contributed by atoms with Gasteiger partial charge in [-0.2, -0.15) is 0 Å². The zero-order chi connectivity index (χ0) is 15.6. The van der Waals surface area contributed by atoms with E-state index in [9.17, 15) is 9.59 Å². The monoisotopic (exact) mass is 383 g/mol. The summed E-state index contributed by atoms with van der Waals surface area (Å²) < 4.78 is 5.44. The second-order valence-electron chi connectivity index (χ2n) is 6.36. The number of amides is 1. The van der Waals surface area contributed by atoms with Crippen LogP contribution in [0.3, 0.4) is 0 Å². The minimum atomic E-state index is -0.320. The average molecular weight is 385 g/mol. The zero-order valence-electron chi connectivity index (χ0n) is 11.9. The van der Waals surface area contributed by atoms with Gasteiger partial charge in [-0.15, -0.1) is 0 Å². The number of halogens is 2. The Kier molecular flexibility index (Phi) is 3.28. The van der Waals surface area contributed by atoms with E-state index in [2.05, 4.69) is 21.2 Å². The van der Waals surface area contributed by atoms with Crippen molar-refractivity contribution in [1.82, 2.24) is 0 Å². The minimum Gasteiger partial charge on any atom is -0.461 e. The molecule has 1 heterocycles. The third kappa shape index (κ3) is 1.88. The third-order valence-electron chi connectivity index (χ3n) is 5.35. The van der Waals surface area contributed by atoms with Crippen LogP contribution < -0.4 is 5.32 Å². The number of benzene rings is 1. The summed E-state index contributed by atoms with van der Waals surface area (Å²) in [7, 11) is 0. The SMILES string of the molecule is Cc1c(Cl)cccc1NC(=O)[C@@H]1[C@H]2C[C@H]3[C@H](OC(=O)[C@H]31)[C@@H]2Br. The fourth-order valence-electron chi connectivity index (χ4n) is 4.29. The fraction of sp³-hybridized carbons (Fsp3) is 0.500. The summed E-state index contributed by atoms with van der Waals surface area (Å²) in [6.45, 7) is 1.87. The molecule has 1 aliphatic heterocycles. The van der Waals surface area contributed by atoms with Crippen LogP contribution in [-0.4, -0.2) is 22.8 Å². The number of anilines is 1. The van der Waals surface area contributed by atoms with E-state index in [4.69, 9.17) is 16.3 Å². The molecule has 1 amide bonds. The van der Waals surface area contributed by atoms with Crippen molar-refractivity contribution >= 4 is 45.1 Å². The second kappa shape index (κ2) is 4.96. The Balaban J connectivity index is 1.61. The maximum atomic E-state index is 12.8. The maximum absolute atomic E-state index is 12.8. The molecule has 6 atom stereocenters. The number of alkyl halides is 1. The lowest BCUT2D eigenvalue weighted by atomic mass is 9.79. The average Bonchev–Trinajstić information content (AvgIpc) is 3.08. The number of carbonyl (C=O) groups excluding carboxylic acids is 2. The van der Waals surface area contributed by atoms with E-state index < -0.39 is 0 Å². The Morgan fingerprint density at radius 2 is 2.18 bits per heavy atom. The standard InChI is InChI=1S/C16H15BrClNO3/c1-6-9(18)3-2-4-10(6)19-15(20)11-7-5-8-12(11)16(21)22-14(8)13(7)17/h2-4,7-8,11-14H,5H2,1H3,(H,19,20)/t7-,8-,11-,12-,13-,14+/m1/s1. The molecule has 2 bridgehead atoms. The third-order valence-corrected chi connectivity index (χ3v) is 6.96. The summed E-state index contributed by atoms with van der Waals surface area (Å²) in [5, 5.41) is 3.57. The van der Waals surface area contributed by atoms with Crippen LogP contribution in [0.15, 0.2) is 18.2 Å². The summed E-state index contributed by atoms with van der Waals surface area (Å²) in [4.78, 5) is 24.9. The number of fused-ring (bicyclic) bond motifs is 1. The Hall–Kier alpha value is -1.07. The van der Waals surface area contributed by atoms with E-state index in [0.29, 0.717) is 10.7 Å². The van der Waals surface area contributed by atoms with Crippen molar-refractivity contribution in [1.29, 1.82) is 0 Å². The van der Waals surface area contributed by atoms with E-state index in [1.54, 1.807) is 12.1 Å². The Morgan fingerprint density at radius 1 is 1.41 bits per heavy atom. The van der Waals surface area contributed by atoms with Gasteiger partial charge in [-0.25, -0.2) is 0 Å². The van der Waals surface area contributed by atoms with Crippen LogP contribution in [0.5, 0.6) is 0 Å². The normalized spacial score (nSPS) is 38.2. The van der Waals surface area contributed by atoms with Crippen LogP contribution in [0, 0.1) is 30.6 Å². The second-order valence-corrected chi connectivity index (χ2v) is 7.83. The molecule has 1 aromatic carbocycles. The molecule has 1 saturated heterocycles. The minimum absolute atomic E-state index is 0.0561. The quantitative estimate of drug-likeness (QED) is 0.629. The number of rotatable bonds is 2.